The second kappa shape index (κ2) is 56.7. The number of nitrogens with zero attached hydrogens (tertiary/aromatic N) is 2. The Bertz CT molecular complexity index is 818. The van der Waals surface area contributed by atoms with E-state index < -0.39 is 10.4 Å². The molecule has 0 amide bonds. The van der Waals surface area contributed by atoms with Gasteiger partial charge in [0.15, 0.2) is 0 Å². The Morgan fingerprint density at radius 1 is 0.350 bits per heavy atom. The van der Waals surface area contributed by atoms with Crippen LogP contribution in [0.4, 0.5) is 0 Å². The van der Waals surface area contributed by atoms with Crippen LogP contribution in [-0.2, 0) is 14.6 Å². The normalized spacial score (nSPS) is 11.4. The van der Waals surface area contributed by atoms with Gasteiger partial charge in [-0.3, -0.25) is 4.18 Å². The molecule has 0 rings (SSSR count). The summed E-state index contributed by atoms with van der Waals surface area (Å²) >= 11 is 0. The Morgan fingerprint density at radius 3 is 0.683 bits per heavy atom. The van der Waals surface area contributed by atoms with Crippen LogP contribution in [0.5, 0.6) is 0 Å². The minimum atomic E-state index is -4.48. The van der Waals surface area contributed by atoms with Crippen LogP contribution in [0.1, 0.15) is 265 Å². The zero-order chi connectivity index (χ0) is 43.2. The molecule has 60 heavy (non-hydrogen) atoms. The quantitative estimate of drug-likeness (QED) is 0.0224. The van der Waals surface area contributed by atoms with E-state index in [0.29, 0.717) is 6.42 Å². The molecule has 0 aliphatic rings. The minimum absolute atomic E-state index is 0. The second-order valence-corrected chi connectivity index (χ2v) is 20.7. The van der Waals surface area contributed by atoms with Crippen LogP contribution >= 0.6 is 0 Å². The molecule has 0 aromatic rings. The molecular formula is C50H109BrClN2NaO4S. The van der Waals surface area contributed by atoms with Crippen LogP contribution in [0.2, 0.25) is 0 Å². The Labute approximate surface area is 419 Å². The summed E-state index contributed by atoms with van der Waals surface area (Å²) in [5, 5.41) is 0. The van der Waals surface area contributed by atoms with Crippen LogP contribution in [0.25, 0.3) is 0 Å². The van der Waals surface area contributed by atoms with E-state index in [1.54, 1.807) is 0 Å². The average molecular weight is 973 g/mol. The van der Waals surface area contributed by atoms with E-state index in [1.165, 1.54) is 238 Å². The van der Waals surface area contributed by atoms with E-state index in [0.717, 1.165) is 21.8 Å². The van der Waals surface area contributed by atoms with Crippen molar-refractivity contribution in [2.45, 2.75) is 265 Å². The first-order valence-corrected chi connectivity index (χ1v) is 26.7. The number of hydrogen-bond acceptors (Lipinski definition) is 4. The Kier molecular flexibility index (Phi) is 69.1. The van der Waals surface area contributed by atoms with Gasteiger partial charge in [0.2, 0.25) is 10.4 Å². The monoisotopic (exact) mass is 971 g/mol. The van der Waals surface area contributed by atoms with E-state index in [1.807, 2.05) is 0 Å². The van der Waals surface area contributed by atoms with E-state index in [2.05, 4.69) is 67.2 Å². The van der Waals surface area contributed by atoms with E-state index in [4.69, 9.17) is 0 Å². The third-order valence-electron chi connectivity index (χ3n) is 11.1. The number of rotatable bonds is 42. The first-order chi connectivity index (χ1) is 27.2. The molecule has 0 bridgehead atoms. The minimum Gasteiger partial charge on any atom is -1.00 e. The standard InChI is InChI=1S/2C19H42N.C12H26O4S.BrH.ClH.Na/c2*1-5-6-7-8-9-10-11-12-13-14-15-16-17-18-19-20(2,3)4;1-2-3-4-5-6-7-8-9-10-11-12-16-17(13,14)15;;;/h2*5-19H2,1-4H3;2-12H2,1H3,(H,13,14,15);2*1H;/q2*+1;;;;+1/p-3. The van der Waals surface area contributed by atoms with Crippen molar-refractivity contribution in [2.24, 2.45) is 0 Å². The predicted octanol–water partition coefficient (Wildman–Crippen LogP) is 6.74. The molecule has 10 heteroatoms. The van der Waals surface area contributed by atoms with Gasteiger partial charge in [0.1, 0.15) is 0 Å². The third kappa shape index (κ3) is 83.2. The smallest absolute Gasteiger partial charge is 1.00 e. The SMILES string of the molecule is CCCCCCCCCCCCCCCC[N+](C)(C)C.CCCCCCCCCCCCCCCC[N+](C)(C)C.CCCCCCCCCCCCOS(=O)(=O)[O-].[Br-].[Cl-].[Na+]. The second-order valence-electron chi connectivity index (χ2n) is 19.6. The summed E-state index contributed by atoms with van der Waals surface area (Å²) in [7, 11) is 9.28. The first kappa shape index (κ1) is 73.1. The molecule has 6 nitrogen and oxygen atoms in total. The van der Waals surface area contributed by atoms with Crippen LogP contribution in [0, 0.1) is 0 Å². The van der Waals surface area contributed by atoms with Crippen molar-refractivity contribution in [1.29, 1.82) is 0 Å². The fraction of sp³-hybridized carbons (Fsp3) is 1.00. The summed E-state index contributed by atoms with van der Waals surface area (Å²) < 4.78 is 36.7. The van der Waals surface area contributed by atoms with E-state index >= 15 is 0 Å². The fourth-order valence-electron chi connectivity index (χ4n) is 7.31. The molecule has 0 radical (unpaired) electrons. The Morgan fingerprint density at radius 2 is 0.517 bits per heavy atom. The van der Waals surface area contributed by atoms with Gasteiger partial charge < -0.3 is 42.9 Å². The molecule has 0 aromatic carbocycles. The molecule has 0 aromatic heterocycles. The molecule has 0 spiro atoms. The van der Waals surface area contributed by atoms with Gasteiger partial charge in [-0.1, -0.05) is 233 Å². The fourth-order valence-corrected chi connectivity index (χ4v) is 7.63. The molecule has 0 saturated carbocycles. The van der Waals surface area contributed by atoms with E-state index in [-0.39, 0.29) is 65.6 Å². The summed E-state index contributed by atoms with van der Waals surface area (Å²) in [5.74, 6) is 0. The molecule has 0 heterocycles. The summed E-state index contributed by atoms with van der Waals surface area (Å²) in [6.45, 7) is 9.49. The van der Waals surface area contributed by atoms with Crippen molar-refractivity contribution in [1.82, 2.24) is 0 Å². The van der Waals surface area contributed by atoms with Crippen LogP contribution in [-0.4, -0.2) is 83.9 Å². The topological polar surface area (TPSA) is 66.4 Å². The molecule has 0 unspecified atom stereocenters. The molecule has 0 aliphatic carbocycles. The molecular weight excluding hydrogens is 863 g/mol. The van der Waals surface area contributed by atoms with Crippen molar-refractivity contribution in [3.63, 3.8) is 0 Å². The van der Waals surface area contributed by atoms with Gasteiger partial charge in [0, 0.05) is 0 Å². The van der Waals surface area contributed by atoms with E-state index in [9.17, 15) is 13.0 Å². The maximum Gasteiger partial charge on any atom is 1.00 e. The van der Waals surface area contributed by atoms with Crippen molar-refractivity contribution in [3.05, 3.63) is 0 Å². The van der Waals surface area contributed by atoms with Crippen LogP contribution in [0.3, 0.4) is 0 Å². The van der Waals surface area contributed by atoms with Gasteiger partial charge in [-0.2, -0.15) is 0 Å². The van der Waals surface area contributed by atoms with Gasteiger partial charge in [-0.05, 0) is 32.1 Å². The summed E-state index contributed by atoms with van der Waals surface area (Å²) in [4.78, 5) is 0. The largest absolute Gasteiger partial charge is 1.00 e. The van der Waals surface area contributed by atoms with Crippen molar-refractivity contribution < 1.29 is 85.1 Å². The maximum absolute atomic E-state index is 10.1. The van der Waals surface area contributed by atoms with Crippen LogP contribution in [0.15, 0.2) is 0 Å². The Balaban J connectivity index is -0.000000178. The molecule has 0 aliphatic heterocycles. The van der Waals surface area contributed by atoms with Gasteiger partial charge >= 0.3 is 29.6 Å². The van der Waals surface area contributed by atoms with Crippen molar-refractivity contribution >= 4 is 10.4 Å². The first-order valence-electron chi connectivity index (χ1n) is 25.4. The predicted molar refractivity (Wildman–Crippen MR) is 254 cm³/mol. The van der Waals surface area contributed by atoms with Crippen LogP contribution < -0.4 is 58.9 Å². The number of hydrogen-bond donors (Lipinski definition) is 0. The molecule has 364 valence electrons. The average Bonchev–Trinajstić information content (AvgIpc) is 3.13. The molecule has 0 saturated heterocycles. The van der Waals surface area contributed by atoms with Gasteiger partial charge in [-0.25, -0.2) is 8.42 Å². The van der Waals surface area contributed by atoms with Crippen molar-refractivity contribution in [2.75, 3.05) is 62.0 Å². The maximum atomic E-state index is 10.1. The number of unbranched alkanes of at least 4 members (excludes halogenated alkanes) is 35. The molecule has 0 fully saturated rings. The summed E-state index contributed by atoms with van der Waals surface area (Å²) in [5.41, 5.74) is 0. The summed E-state index contributed by atoms with van der Waals surface area (Å²) in [6.07, 6.45) is 52.4. The molecule has 0 atom stereocenters. The number of halogens is 2. The van der Waals surface area contributed by atoms with Gasteiger partial charge in [0.25, 0.3) is 0 Å². The number of quaternary nitrogens is 2. The zero-order valence-electron chi connectivity index (χ0n) is 42.7. The summed E-state index contributed by atoms with van der Waals surface area (Å²) in [6, 6.07) is 0. The Hall–Kier alpha value is 1.56. The third-order valence-corrected chi connectivity index (χ3v) is 11.5. The molecule has 0 N–H and O–H groups in total. The van der Waals surface area contributed by atoms with Gasteiger partial charge in [0.05, 0.1) is 62.0 Å². The van der Waals surface area contributed by atoms with Crippen molar-refractivity contribution in [3.8, 4) is 0 Å². The zero-order valence-corrected chi connectivity index (χ0v) is 47.8. The van der Waals surface area contributed by atoms with Gasteiger partial charge in [-0.15, -0.1) is 0 Å².